The van der Waals surface area contributed by atoms with E-state index in [1.54, 1.807) is 0 Å². The fourth-order valence-electron chi connectivity index (χ4n) is 2.50. The van der Waals surface area contributed by atoms with Crippen molar-refractivity contribution in [3.63, 3.8) is 0 Å². The van der Waals surface area contributed by atoms with Crippen molar-refractivity contribution in [2.24, 2.45) is 0 Å². The van der Waals surface area contributed by atoms with E-state index in [4.69, 9.17) is 4.98 Å². The van der Waals surface area contributed by atoms with Crippen LogP contribution in [0.1, 0.15) is 40.4 Å². The first kappa shape index (κ1) is 16.0. The number of piperazine rings is 1. The van der Waals surface area contributed by atoms with Crippen LogP contribution in [0, 0.1) is 0 Å². The zero-order valence-electron chi connectivity index (χ0n) is 14.5. The van der Waals surface area contributed by atoms with Crippen LogP contribution < -0.4 is 10.2 Å². The van der Waals surface area contributed by atoms with Crippen LogP contribution >= 0.6 is 0 Å². The summed E-state index contributed by atoms with van der Waals surface area (Å²) in [5.41, 5.74) is 0.106. The molecule has 1 aliphatic rings. The minimum Gasteiger partial charge on any atom is -0.373 e. The maximum absolute atomic E-state index is 4.82. The van der Waals surface area contributed by atoms with Crippen molar-refractivity contribution in [2.75, 3.05) is 43.9 Å². The third kappa shape index (κ3) is 3.46. The van der Waals surface area contributed by atoms with Crippen molar-refractivity contribution in [1.29, 1.82) is 0 Å². The number of nitrogens with zero attached hydrogens (tertiary/aromatic N) is 4. The first-order valence-electron chi connectivity index (χ1n) is 7.67. The lowest BCUT2D eigenvalue weighted by molar-refractivity contribution is 0.138. The van der Waals surface area contributed by atoms with Gasteiger partial charge in [-0.3, -0.25) is 4.90 Å². The molecule has 5 nitrogen and oxygen atoms in total. The van der Waals surface area contributed by atoms with Gasteiger partial charge in [-0.25, -0.2) is 9.97 Å². The Hall–Kier alpha value is -1.36. The maximum Gasteiger partial charge on any atom is 0.138 e. The van der Waals surface area contributed by atoms with E-state index in [9.17, 15) is 0 Å². The normalized spacial score (nSPS) is 19.7. The Morgan fingerprint density at radius 1 is 1.19 bits per heavy atom. The largest absolute Gasteiger partial charge is 0.373 e. The summed E-state index contributed by atoms with van der Waals surface area (Å²) in [5, 5.41) is 3.16. The van der Waals surface area contributed by atoms with Crippen LogP contribution in [0.3, 0.4) is 0 Å². The summed E-state index contributed by atoms with van der Waals surface area (Å²) in [6.07, 6.45) is 0. The third-order valence-corrected chi connectivity index (χ3v) is 4.28. The predicted octanol–water partition coefficient (Wildman–Crippen LogP) is 2.35. The molecule has 2 heterocycles. The average Bonchev–Trinajstić information content (AvgIpc) is 2.40. The number of anilines is 2. The molecule has 0 amide bonds. The summed E-state index contributed by atoms with van der Waals surface area (Å²) in [4.78, 5) is 14.2. The van der Waals surface area contributed by atoms with Gasteiger partial charge in [0.15, 0.2) is 0 Å². The molecule has 0 radical (unpaired) electrons. The van der Waals surface area contributed by atoms with Crippen molar-refractivity contribution in [3.8, 4) is 0 Å². The highest BCUT2D eigenvalue weighted by molar-refractivity contribution is 5.50. The van der Waals surface area contributed by atoms with Crippen LogP contribution in [0.5, 0.6) is 0 Å². The van der Waals surface area contributed by atoms with Crippen molar-refractivity contribution in [1.82, 2.24) is 14.9 Å². The van der Waals surface area contributed by atoms with E-state index in [-0.39, 0.29) is 11.0 Å². The van der Waals surface area contributed by atoms with Gasteiger partial charge in [-0.1, -0.05) is 20.8 Å². The van der Waals surface area contributed by atoms with Gasteiger partial charge in [0.25, 0.3) is 0 Å². The molecule has 0 bridgehead atoms. The SMILES string of the molecule is CNc1cc(N2CCN(C)C(C)(C)C2)nc(C(C)(C)C)n1. The molecule has 1 aliphatic heterocycles. The number of aromatic nitrogens is 2. The second-order valence-corrected chi connectivity index (χ2v) is 7.59. The summed E-state index contributed by atoms with van der Waals surface area (Å²) in [5.74, 6) is 2.81. The number of rotatable bonds is 2. The fraction of sp³-hybridized carbons (Fsp3) is 0.750. The van der Waals surface area contributed by atoms with Crippen LogP contribution in [0.15, 0.2) is 6.07 Å². The lowest BCUT2D eigenvalue weighted by Crippen LogP contribution is -2.58. The van der Waals surface area contributed by atoms with Crippen molar-refractivity contribution >= 4 is 11.6 Å². The smallest absolute Gasteiger partial charge is 0.138 e. The molecule has 0 saturated carbocycles. The Balaban J connectivity index is 2.35. The van der Waals surface area contributed by atoms with Crippen molar-refractivity contribution in [2.45, 2.75) is 45.6 Å². The van der Waals surface area contributed by atoms with E-state index in [0.29, 0.717) is 0 Å². The molecule has 1 aromatic heterocycles. The average molecular weight is 291 g/mol. The van der Waals surface area contributed by atoms with Crippen LogP contribution in [0.2, 0.25) is 0 Å². The standard InChI is InChI=1S/C16H29N5/c1-15(2,3)14-18-12(17-6)10-13(19-14)21-9-8-20(7)16(4,5)11-21/h10H,8-9,11H2,1-7H3,(H,17,18,19). The van der Waals surface area contributed by atoms with E-state index >= 15 is 0 Å². The van der Waals surface area contributed by atoms with E-state index < -0.39 is 0 Å². The highest BCUT2D eigenvalue weighted by atomic mass is 15.3. The van der Waals surface area contributed by atoms with Gasteiger partial charge in [-0.15, -0.1) is 0 Å². The molecule has 118 valence electrons. The molecular weight excluding hydrogens is 262 g/mol. The zero-order valence-corrected chi connectivity index (χ0v) is 14.5. The van der Waals surface area contributed by atoms with Gasteiger partial charge in [0.2, 0.25) is 0 Å². The Morgan fingerprint density at radius 2 is 1.86 bits per heavy atom. The minimum absolute atomic E-state index is 0.0519. The first-order valence-corrected chi connectivity index (χ1v) is 7.67. The molecule has 1 aromatic rings. The lowest BCUT2D eigenvalue weighted by atomic mass is 9.95. The molecule has 1 fully saturated rings. The van der Waals surface area contributed by atoms with Crippen molar-refractivity contribution < 1.29 is 0 Å². The molecule has 0 atom stereocenters. The quantitative estimate of drug-likeness (QED) is 0.906. The summed E-state index contributed by atoms with van der Waals surface area (Å²) in [6, 6.07) is 2.05. The van der Waals surface area contributed by atoms with Crippen LogP contribution in [-0.2, 0) is 5.41 Å². The van der Waals surface area contributed by atoms with E-state index in [2.05, 4.69) is 67.8 Å². The van der Waals surface area contributed by atoms with Gasteiger partial charge in [0.1, 0.15) is 17.5 Å². The van der Waals surface area contributed by atoms with Gasteiger partial charge in [-0.2, -0.15) is 0 Å². The van der Waals surface area contributed by atoms with E-state index in [1.807, 2.05) is 7.05 Å². The lowest BCUT2D eigenvalue weighted by Gasteiger charge is -2.45. The summed E-state index contributed by atoms with van der Waals surface area (Å²) < 4.78 is 0. The summed E-state index contributed by atoms with van der Waals surface area (Å²) in [7, 11) is 4.10. The molecular formula is C16H29N5. The third-order valence-electron chi connectivity index (χ3n) is 4.28. The molecule has 0 aliphatic carbocycles. The molecule has 1 N–H and O–H groups in total. The molecule has 0 unspecified atom stereocenters. The monoisotopic (exact) mass is 291 g/mol. The second kappa shape index (κ2) is 5.44. The Bertz CT molecular complexity index is 504. The predicted molar refractivity (Wildman–Crippen MR) is 89.2 cm³/mol. The van der Waals surface area contributed by atoms with Gasteiger partial charge < -0.3 is 10.2 Å². The molecule has 2 rings (SSSR count). The second-order valence-electron chi connectivity index (χ2n) is 7.59. The van der Waals surface area contributed by atoms with Gasteiger partial charge in [0, 0.05) is 43.7 Å². The van der Waals surface area contributed by atoms with Gasteiger partial charge in [-0.05, 0) is 20.9 Å². The highest BCUT2D eigenvalue weighted by Gasteiger charge is 2.32. The van der Waals surface area contributed by atoms with Crippen LogP contribution in [0.4, 0.5) is 11.6 Å². The highest BCUT2D eigenvalue weighted by Crippen LogP contribution is 2.27. The molecule has 21 heavy (non-hydrogen) atoms. The molecule has 0 aromatic carbocycles. The number of nitrogens with one attached hydrogen (secondary N) is 1. The summed E-state index contributed by atoms with van der Waals surface area (Å²) >= 11 is 0. The fourth-order valence-corrected chi connectivity index (χ4v) is 2.50. The molecule has 5 heteroatoms. The first-order chi connectivity index (χ1) is 9.63. The molecule has 1 saturated heterocycles. The van der Waals surface area contributed by atoms with Gasteiger partial charge in [0.05, 0.1) is 0 Å². The number of hydrogen-bond donors (Lipinski definition) is 1. The van der Waals surface area contributed by atoms with Gasteiger partial charge >= 0.3 is 0 Å². The zero-order chi connectivity index (χ0) is 15.8. The van der Waals surface area contributed by atoms with E-state index in [0.717, 1.165) is 37.1 Å². The number of likely N-dealkylation sites (N-methyl/N-ethyl adjacent to an activating group) is 1. The van der Waals surface area contributed by atoms with Crippen LogP contribution in [-0.4, -0.2) is 54.1 Å². The molecule has 0 spiro atoms. The minimum atomic E-state index is -0.0519. The Labute approximate surface area is 128 Å². The van der Waals surface area contributed by atoms with E-state index in [1.165, 1.54) is 0 Å². The maximum atomic E-state index is 4.82. The Kier molecular flexibility index (Phi) is 4.15. The summed E-state index contributed by atoms with van der Waals surface area (Å²) in [6.45, 7) is 14.1. The topological polar surface area (TPSA) is 44.3 Å². The van der Waals surface area contributed by atoms with Crippen LogP contribution in [0.25, 0.3) is 0 Å². The van der Waals surface area contributed by atoms with Crippen molar-refractivity contribution in [3.05, 3.63) is 11.9 Å². The number of hydrogen-bond acceptors (Lipinski definition) is 5. The Morgan fingerprint density at radius 3 is 2.38 bits per heavy atom.